The quantitative estimate of drug-likeness (QED) is 0.371. The third kappa shape index (κ3) is 3.76. The Bertz CT molecular complexity index is 1880. The van der Waals surface area contributed by atoms with Crippen molar-refractivity contribution in [2.45, 2.75) is 0 Å². The molecule has 0 aliphatic rings. The van der Waals surface area contributed by atoms with Gasteiger partial charge in [0.2, 0.25) is 0 Å². The molecule has 3 nitrogen and oxygen atoms in total. The molecule has 5 heteroatoms. The maximum atomic E-state index is 9.60. The van der Waals surface area contributed by atoms with Gasteiger partial charge in [-0.2, -0.15) is 0 Å². The van der Waals surface area contributed by atoms with Gasteiger partial charge < -0.3 is 14.7 Å². The Morgan fingerprint density at radius 3 is 1.72 bits per heavy atom. The Morgan fingerprint density at radius 2 is 1.14 bits per heavy atom. The van der Waals surface area contributed by atoms with Gasteiger partial charge in [0.1, 0.15) is 5.75 Å². The van der Waals surface area contributed by atoms with Crippen molar-refractivity contribution in [3.05, 3.63) is 115 Å². The second-order valence-corrected chi connectivity index (χ2v) is 9.01. The summed E-state index contributed by atoms with van der Waals surface area (Å²) in [6, 6.07) is -17.7. The molecule has 4 aromatic carbocycles. The van der Waals surface area contributed by atoms with Crippen LogP contribution in [0.2, 0.25) is 0 Å². The second kappa shape index (κ2) is 8.49. The van der Waals surface area contributed by atoms with Crippen molar-refractivity contribution >= 4 is 36.1 Å². The highest BCUT2D eigenvalue weighted by atomic mass is 28.3. The molecule has 0 unspecified atom stereocenters. The molecule has 0 aliphatic carbocycles. The summed E-state index contributed by atoms with van der Waals surface area (Å²) >= 11 is 0. The number of rotatable bonds is 6. The van der Waals surface area contributed by atoms with Gasteiger partial charge in [-0.05, 0) is 32.8 Å². The van der Waals surface area contributed by atoms with Gasteiger partial charge in [-0.15, -0.1) is 0 Å². The van der Waals surface area contributed by atoms with E-state index in [9.17, 15) is 10.0 Å². The normalized spacial score (nSPS) is 19.8. The van der Waals surface area contributed by atoms with Crippen molar-refractivity contribution in [2.24, 2.45) is 0 Å². The van der Waals surface area contributed by atoms with Crippen LogP contribution in [-0.2, 0) is 0 Å². The molecule has 0 radical (unpaired) electrons. The lowest BCUT2D eigenvalue weighted by molar-refractivity contribution is 0.288. The van der Waals surface area contributed by atoms with Crippen LogP contribution in [0.25, 0.3) is 0 Å². The molecule has 142 valence electrons. The molecule has 29 heavy (non-hydrogen) atoms. The lowest BCUT2D eigenvalue weighted by atomic mass is 10.2. The zero-order valence-electron chi connectivity index (χ0n) is 32.5. The number of hydrogen-bond acceptors (Lipinski definition) is 3. The molecule has 0 aliphatic heterocycles. The molecule has 4 rings (SSSR count). The van der Waals surface area contributed by atoms with Crippen molar-refractivity contribution in [1.82, 2.24) is 0 Å². The first kappa shape index (κ1) is 7.29. The van der Waals surface area contributed by atoms with Crippen molar-refractivity contribution in [3.8, 4) is 5.75 Å². The van der Waals surface area contributed by atoms with Crippen molar-refractivity contribution in [3.63, 3.8) is 0 Å². The summed E-state index contributed by atoms with van der Waals surface area (Å²) < 4.78 is 160. The molecule has 0 aromatic heterocycles. The maximum absolute atomic E-state index is 9.60. The van der Waals surface area contributed by atoms with Crippen LogP contribution in [0.1, 0.15) is 24.7 Å². The zero-order valence-corrected chi connectivity index (χ0v) is 15.5. The highest BCUT2D eigenvalue weighted by Crippen LogP contribution is 2.14. The minimum Gasteiger partial charge on any atom is -0.512 e. The van der Waals surface area contributed by atoms with Crippen LogP contribution < -0.4 is 25.4 Å². The predicted molar refractivity (Wildman–Crippen MR) is 121 cm³/mol. The van der Waals surface area contributed by atoms with E-state index in [2.05, 4.69) is 0 Å². The smallest absolute Gasteiger partial charge is 0.512 e. The van der Waals surface area contributed by atoms with Gasteiger partial charge in [0, 0.05) is 0 Å². The summed E-state index contributed by atoms with van der Waals surface area (Å²) in [5.41, 5.74) is 0. The van der Waals surface area contributed by atoms with Crippen molar-refractivity contribution < 1.29 is 39.4 Å². The van der Waals surface area contributed by atoms with Crippen LogP contribution in [0.4, 0.5) is 0 Å². The summed E-state index contributed by atoms with van der Waals surface area (Å²) in [7, 11) is -8.47. The Hall–Kier alpha value is -3.12. The van der Waals surface area contributed by atoms with E-state index >= 15 is 0 Å². The average Bonchev–Trinajstić information content (AvgIpc) is 3.02. The lowest BCUT2D eigenvalue weighted by Gasteiger charge is -2.34. The molecule has 0 heterocycles. The Kier molecular flexibility index (Phi) is 2.13. The fourth-order valence-corrected chi connectivity index (χ4v) is 6.46. The Balaban J connectivity index is 2.65. The maximum Gasteiger partial charge on any atom is 0.707 e. The van der Waals surface area contributed by atoms with Crippen LogP contribution in [0.3, 0.4) is 0 Å². The summed E-state index contributed by atoms with van der Waals surface area (Å²) in [5, 5.41) is 15.7. The number of hydrogen-bond donors (Lipinski definition) is 2. The van der Waals surface area contributed by atoms with Gasteiger partial charge in [0.15, 0.2) is 8.07 Å². The molecule has 0 fully saturated rings. The molecule has 2 N–H and O–H groups in total. The Morgan fingerprint density at radius 1 is 0.621 bits per heavy atom. The molecule has 0 atom stereocenters. The molecule has 0 saturated carbocycles. The van der Waals surface area contributed by atoms with Crippen molar-refractivity contribution in [1.29, 1.82) is 0 Å². The third-order valence-electron chi connectivity index (χ3n) is 3.90. The summed E-state index contributed by atoms with van der Waals surface area (Å²) in [4.78, 5) is 0. The monoisotopic (exact) mass is 414 g/mol. The van der Waals surface area contributed by atoms with E-state index in [1.807, 2.05) is 0 Å². The minimum absolute atomic E-state index is 0.731. The fourth-order valence-electron chi connectivity index (χ4n) is 2.81. The molecule has 0 bridgehead atoms. The summed E-state index contributed by atoms with van der Waals surface area (Å²) in [6.45, 7) is 0. The molecular weight excluding hydrogens is 375 g/mol. The van der Waals surface area contributed by atoms with Crippen LogP contribution in [0.5, 0.6) is 5.75 Å². The highest BCUT2D eigenvalue weighted by molar-refractivity contribution is 7.19. The van der Waals surface area contributed by atoms with Gasteiger partial charge in [-0.3, -0.25) is 0 Å². The average molecular weight is 414 g/mol. The van der Waals surface area contributed by atoms with E-state index in [1.165, 1.54) is 0 Å². The van der Waals surface area contributed by atoms with E-state index in [1.54, 1.807) is 0 Å². The summed E-state index contributed by atoms with van der Waals surface area (Å²) in [6.07, 6.45) is 0. The van der Waals surface area contributed by atoms with Gasteiger partial charge in [0.25, 0.3) is 0 Å². The second-order valence-electron chi connectivity index (χ2n) is 5.48. The van der Waals surface area contributed by atoms with Gasteiger partial charge in [-0.25, -0.2) is 0 Å². The minimum atomic E-state index is -5.73. The molecule has 4 aromatic rings. The first-order valence-electron chi connectivity index (χ1n) is 17.0. The third-order valence-corrected chi connectivity index (χ3v) is 7.98. The SMILES string of the molecule is [2H]c1cc([Si](c2c([2H])c([2H])c([2H])c([2H])c2[2H])(c2c([2H])c([2H])c([2H])c([2H])c2[2H])c2c([2H])c([2H])c([2H])c(OB(O)O)c2[2H])c([2H])c([2H])c1[2H]. The van der Waals surface area contributed by atoms with E-state index < -0.39 is 151 Å². The first-order chi connectivity index (χ1) is 21.7. The van der Waals surface area contributed by atoms with Crippen molar-refractivity contribution in [2.75, 3.05) is 0 Å². The highest BCUT2D eigenvalue weighted by Gasteiger charge is 2.41. The molecule has 0 amide bonds. The van der Waals surface area contributed by atoms with E-state index in [0.29, 0.717) is 0 Å². The fraction of sp³-hybridized carbons (Fsp3) is 0. The van der Waals surface area contributed by atoms with Crippen LogP contribution in [0, 0.1) is 0 Å². The van der Waals surface area contributed by atoms with Gasteiger partial charge >= 0.3 is 7.32 Å². The lowest BCUT2D eigenvalue weighted by Crippen LogP contribution is -2.74. The standard InChI is InChI=1S/C24H21BO3Si/c26-25(27)28-20-11-10-18-24(19-20)29(21-12-4-1-5-13-21,22-14-6-2-7-15-22)23-16-8-3-9-17-23/h1-19,26-27H/i1D,2D,3D,4D,5D,6D,7D,8D,9D,10D,11D,12D,13D,14D,15D,16D,18D,19D. The topological polar surface area (TPSA) is 49.7 Å². The number of benzene rings is 4. The Labute approximate surface area is 197 Å². The summed E-state index contributed by atoms with van der Waals surface area (Å²) in [5.74, 6) is -1.10. The molecule has 0 saturated heterocycles. The van der Waals surface area contributed by atoms with Crippen LogP contribution in [-0.4, -0.2) is 25.4 Å². The largest absolute Gasteiger partial charge is 0.707 e. The van der Waals surface area contributed by atoms with E-state index in [0.717, 1.165) is 6.07 Å². The van der Waals surface area contributed by atoms with Crippen LogP contribution >= 0.6 is 0 Å². The molecular formula is C24H21BO3Si. The van der Waals surface area contributed by atoms with Gasteiger partial charge in [-0.1, -0.05) is 103 Å². The van der Waals surface area contributed by atoms with E-state index in [4.69, 9.17) is 29.3 Å². The zero-order chi connectivity index (χ0) is 35.8. The predicted octanol–water partition coefficient (Wildman–Crippen LogP) is 1.41. The van der Waals surface area contributed by atoms with E-state index in [-0.39, 0.29) is 0 Å². The van der Waals surface area contributed by atoms with Gasteiger partial charge in [0.05, 0.1) is 24.7 Å². The molecule has 0 spiro atoms. The van der Waals surface area contributed by atoms with Crippen LogP contribution in [0.15, 0.2) is 115 Å². The first-order valence-corrected chi connectivity index (χ1v) is 10.0.